The van der Waals surface area contributed by atoms with Crippen LogP contribution in [0.2, 0.25) is 0 Å². The fourth-order valence-electron chi connectivity index (χ4n) is 1.86. The highest BCUT2D eigenvalue weighted by atomic mass is 32.1. The van der Waals surface area contributed by atoms with Crippen LogP contribution in [-0.4, -0.2) is 0 Å². The summed E-state index contributed by atoms with van der Waals surface area (Å²) in [7, 11) is 0. The number of aryl methyl sites for hydroxylation is 2. The Balaban J connectivity index is 2.17. The molecule has 1 heterocycles. The van der Waals surface area contributed by atoms with E-state index in [1.165, 1.54) is 20.9 Å². The van der Waals surface area contributed by atoms with Crippen LogP contribution in [0.25, 0.3) is 0 Å². The molecular weight excluding hydrogens is 228 g/mol. The van der Waals surface area contributed by atoms with E-state index in [1.54, 1.807) is 0 Å². The number of hydrazine groups is 1. The number of thiophene rings is 1. The summed E-state index contributed by atoms with van der Waals surface area (Å²) >= 11 is 1.82. The molecule has 0 aliphatic carbocycles. The summed E-state index contributed by atoms with van der Waals surface area (Å²) in [4.78, 5) is 2.68. The summed E-state index contributed by atoms with van der Waals surface area (Å²) in [5, 5.41) is 0. The van der Waals surface area contributed by atoms with Gasteiger partial charge in [0, 0.05) is 9.75 Å². The monoisotopic (exact) mass is 246 g/mol. The normalized spacial score (nSPS) is 12.6. The maximum Gasteiger partial charge on any atom is 0.0593 e. The van der Waals surface area contributed by atoms with E-state index >= 15 is 0 Å². The topological polar surface area (TPSA) is 38.0 Å². The molecule has 0 radical (unpaired) electrons. The molecule has 0 bridgehead atoms. The molecule has 3 heteroatoms. The SMILES string of the molecule is Cc1cc(C(Cc2ccccc2)NN)sc1C. The van der Waals surface area contributed by atoms with E-state index in [1.807, 2.05) is 17.4 Å². The second-order valence-electron chi connectivity index (χ2n) is 4.30. The standard InChI is InChI=1S/C14H18N2S/c1-10-8-14(17-11(10)2)13(16-15)9-12-6-4-3-5-7-12/h3-8,13,16H,9,15H2,1-2H3. The second kappa shape index (κ2) is 5.45. The lowest BCUT2D eigenvalue weighted by molar-refractivity contribution is 0.560. The van der Waals surface area contributed by atoms with Crippen LogP contribution < -0.4 is 11.3 Å². The van der Waals surface area contributed by atoms with Gasteiger partial charge in [-0.3, -0.25) is 11.3 Å². The molecule has 1 unspecified atom stereocenters. The third kappa shape index (κ3) is 2.94. The molecule has 1 aromatic heterocycles. The molecule has 0 fully saturated rings. The highest BCUT2D eigenvalue weighted by Gasteiger charge is 2.13. The number of hydrogen-bond acceptors (Lipinski definition) is 3. The smallest absolute Gasteiger partial charge is 0.0593 e. The van der Waals surface area contributed by atoms with Crippen LogP contribution >= 0.6 is 11.3 Å². The van der Waals surface area contributed by atoms with Gasteiger partial charge in [-0.25, -0.2) is 0 Å². The van der Waals surface area contributed by atoms with Gasteiger partial charge in [0.25, 0.3) is 0 Å². The zero-order valence-electron chi connectivity index (χ0n) is 10.2. The number of hydrogen-bond donors (Lipinski definition) is 2. The minimum Gasteiger partial charge on any atom is -0.271 e. The lowest BCUT2D eigenvalue weighted by Gasteiger charge is -2.14. The van der Waals surface area contributed by atoms with Crippen LogP contribution in [0, 0.1) is 13.8 Å². The van der Waals surface area contributed by atoms with Crippen molar-refractivity contribution in [3.8, 4) is 0 Å². The Kier molecular flexibility index (Phi) is 3.94. The van der Waals surface area contributed by atoms with Gasteiger partial charge in [-0.1, -0.05) is 30.3 Å². The Hall–Kier alpha value is -1.16. The van der Waals surface area contributed by atoms with Crippen molar-refractivity contribution in [1.82, 2.24) is 5.43 Å². The molecule has 0 aliphatic rings. The molecule has 1 aromatic carbocycles. The van der Waals surface area contributed by atoms with Gasteiger partial charge in [0.1, 0.15) is 0 Å². The molecule has 2 aromatic rings. The Morgan fingerprint density at radius 2 is 1.94 bits per heavy atom. The minimum absolute atomic E-state index is 0.204. The first-order valence-corrected chi connectivity index (χ1v) is 6.59. The van der Waals surface area contributed by atoms with Gasteiger partial charge < -0.3 is 0 Å². The summed E-state index contributed by atoms with van der Waals surface area (Å²) in [6, 6.07) is 12.9. The lowest BCUT2D eigenvalue weighted by Crippen LogP contribution is -2.28. The Morgan fingerprint density at radius 1 is 1.24 bits per heavy atom. The number of benzene rings is 1. The highest BCUT2D eigenvalue weighted by Crippen LogP contribution is 2.28. The van der Waals surface area contributed by atoms with Crippen LogP contribution in [0.4, 0.5) is 0 Å². The minimum atomic E-state index is 0.204. The quantitative estimate of drug-likeness (QED) is 0.642. The van der Waals surface area contributed by atoms with E-state index in [0.717, 1.165) is 6.42 Å². The molecule has 0 amide bonds. The number of rotatable bonds is 4. The van der Waals surface area contributed by atoms with Crippen molar-refractivity contribution in [3.63, 3.8) is 0 Å². The molecule has 90 valence electrons. The first-order valence-electron chi connectivity index (χ1n) is 5.77. The second-order valence-corrected chi connectivity index (χ2v) is 5.58. The predicted molar refractivity (Wildman–Crippen MR) is 74.0 cm³/mol. The van der Waals surface area contributed by atoms with Gasteiger partial charge >= 0.3 is 0 Å². The maximum atomic E-state index is 5.67. The van der Waals surface area contributed by atoms with Crippen LogP contribution in [0.5, 0.6) is 0 Å². The molecule has 0 spiro atoms. The van der Waals surface area contributed by atoms with Crippen LogP contribution in [0.1, 0.15) is 26.9 Å². The summed E-state index contributed by atoms with van der Waals surface area (Å²) in [5.74, 6) is 5.67. The molecular formula is C14H18N2S. The molecule has 2 rings (SSSR count). The van der Waals surface area contributed by atoms with E-state index in [2.05, 4.69) is 49.6 Å². The largest absolute Gasteiger partial charge is 0.271 e. The molecule has 2 nitrogen and oxygen atoms in total. The highest BCUT2D eigenvalue weighted by molar-refractivity contribution is 7.12. The zero-order chi connectivity index (χ0) is 12.3. The average molecular weight is 246 g/mol. The Bertz CT molecular complexity index is 457. The first kappa shape index (κ1) is 12.3. The van der Waals surface area contributed by atoms with Gasteiger partial charge in [-0.2, -0.15) is 0 Å². The summed E-state index contributed by atoms with van der Waals surface area (Å²) < 4.78 is 0. The molecule has 17 heavy (non-hydrogen) atoms. The first-order chi connectivity index (χ1) is 8.20. The van der Waals surface area contributed by atoms with Gasteiger partial charge in [0.15, 0.2) is 0 Å². The lowest BCUT2D eigenvalue weighted by atomic mass is 10.0. The van der Waals surface area contributed by atoms with Crippen molar-refractivity contribution in [2.75, 3.05) is 0 Å². The maximum absolute atomic E-state index is 5.67. The average Bonchev–Trinajstić information content (AvgIpc) is 2.68. The fraction of sp³-hybridized carbons (Fsp3) is 0.286. The van der Waals surface area contributed by atoms with Crippen LogP contribution in [0.3, 0.4) is 0 Å². The van der Waals surface area contributed by atoms with E-state index in [0.29, 0.717) is 0 Å². The molecule has 0 aliphatic heterocycles. The van der Waals surface area contributed by atoms with Crippen molar-refractivity contribution < 1.29 is 0 Å². The Labute approximate surface area is 106 Å². The van der Waals surface area contributed by atoms with Crippen molar-refractivity contribution in [2.45, 2.75) is 26.3 Å². The number of nitrogens with one attached hydrogen (secondary N) is 1. The van der Waals surface area contributed by atoms with Gasteiger partial charge in [0.2, 0.25) is 0 Å². The molecule has 0 saturated heterocycles. The van der Waals surface area contributed by atoms with E-state index in [9.17, 15) is 0 Å². The van der Waals surface area contributed by atoms with Crippen molar-refractivity contribution >= 4 is 11.3 Å². The van der Waals surface area contributed by atoms with Crippen molar-refractivity contribution in [1.29, 1.82) is 0 Å². The fourth-order valence-corrected chi connectivity index (χ4v) is 2.97. The van der Waals surface area contributed by atoms with E-state index in [-0.39, 0.29) is 6.04 Å². The third-order valence-corrected chi connectivity index (χ3v) is 4.28. The zero-order valence-corrected chi connectivity index (χ0v) is 11.1. The third-order valence-electron chi connectivity index (χ3n) is 3.01. The van der Waals surface area contributed by atoms with Crippen molar-refractivity contribution in [2.24, 2.45) is 5.84 Å². The molecule has 3 N–H and O–H groups in total. The number of nitrogens with two attached hydrogens (primary N) is 1. The van der Waals surface area contributed by atoms with Gasteiger partial charge in [0.05, 0.1) is 6.04 Å². The van der Waals surface area contributed by atoms with E-state index < -0.39 is 0 Å². The summed E-state index contributed by atoms with van der Waals surface area (Å²) in [6.45, 7) is 4.30. The Morgan fingerprint density at radius 3 is 2.47 bits per heavy atom. The predicted octanol–water partition coefficient (Wildman–Crippen LogP) is 3.11. The van der Waals surface area contributed by atoms with Crippen LogP contribution in [-0.2, 0) is 6.42 Å². The van der Waals surface area contributed by atoms with Gasteiger partial charge in [-0.15, -0.1) is 11.3 Å². The molecule has 1 atom stereocenters. The van der Waals surface area contributed by atoms with Gasteiger partial charge in [-0.05, 0) is 37.5 Å². The summed E-state index contributed by atoms with van der Waals surface area (Å²) in [6.07, 6.45) is 0.927. The summed E-state index contributed by atoms with van der Waals surface area (Å²) in [5.41, 5.74) is 5.57. The van der Waals surface area contributed by atoms with Crippen LogP contribution in [0.15, 0.2) is 36.4 Å². The van der Waals surface area contributed by atoms with Crippen molar-refractivity contribution in [3.05, 3.63) is 57.3 Å². The van der Waals surface area contributed by atoms with E-state index in [4.69, 9.17) is 5.84 Å². The molecule has 0 saturated carbocycles.